The number of rotatable bonds is 6. The van der Waals surface area contributed by atoms with E-state index in [0.29, 0.717) is 15.6 Å². The van der Waals surface area contributed by atoms with Crippen molar-refractivity contribution in [1.82, 2.24) is 5.32 Å². The summed E-state index contributed by atoms with van der Waals surface area (Å²) in [5, 5.41) is 6.35. The van der Waals surface area contributed by atoms with Crippen molar-refractivity contribution in [3.8, 4) is 0 Å². The van der Waals surface area contributed by atoms with Gasteiger partial charge < -0.3 is 15.4 Å². The molecule has 0 unspecified atom stereocenters. The third kappa shape index (κ3) is 4.47. The van der Waals surface area contributed by atoms with E-state index < -0.39 is 24.4 Å². The van der Waals surface area contributed by atoms with Gasteiger partial charge in [-0.15, -0.1) is 11.3 Å². The molecule has 1 aliphatic rings. The van der Waals surface area contributed by atoms with Gasteiger partial charge in [0.15, 0.2) is 6.61 Å². The van der Waals surface area contributed by atoms with E-state index in [-0.39, 0.29) is 6.54 Å². The van der Waals surface area contributed by atoms with Gasteiger partial charge in [0, 0.05) is 15.8 Å². The lowest BCUT2D eigenvalue weighted by Crippen LogP contribution is -2.32. The lowest BCUT2D eigenvalue weighted by atomic mass is 10.1. The van der Waals surface area contributed by atoms with Gasteiger partial charge in [0.1, 0.15) is 11.4 Å². The summed E-state index contributed by atoms with van der Waals surface area (Å²) in [7, 11) is 0. The second-order valence-electron chi connectivity index (χ2n) is 6.97. The summed E-state index contributed by atoms with van der Waals surface area (Å²) in [5.74, 6) is -1.59. The average Bonchev–Trinajstić information content (AvgIpc) is 3.35. The topological polar surface area (TPSA) is 84.5 Å². The molecule has 3 aromatic rings. The van der Waals surface area contributed by atoms with Crippen LogP contribution in [0.15, 0.2) is 42.5 Å². The molecular weight excluding hydrogens is 424 g/mol. The molecule has 2 N–H and O–H groups in total. The van der Waals surface area contributed by atoms with Crippen LogP contribution < -0.4 is 10.6 Å². The molecule has 0 saturated heterocycles. The standard InChI is InChI=1S/C22H19ClN2O4S/c23-20-16-6-1-2-7-17(16)30-21(20)22(28)24-11-19(27)29-12-18(26)25-15-9-8-13-4-3-5-14(13)10-15/h1-2,6-10H,3-5,11-12H2,(H,24,28)(H,25,26). The molecule has 0 atom stereocenters. The fourth-order valence-corrected chi connectivity index (χ4v) is 4.87. The van der Waals surface area contributed by atoms with Crippen molar-refractivity contribution in [1.29, 1.82) is 0 Å². The van der Waals surface area contributed by atoms with Crippen LogP contribution in [0.4, 0.5) is 5.69 Å². The van der Waals surface area contributed by atoms with E-state index >= 15 is 0 Å². The van der Waals surface area contributed by atoms with Gasteiger partial charge in [0.2, 0.25) is 0 Å². The van der Waals surface area contributed by atoms with E-state index in [1.165, 1.54) is 22.5 Å². The summed E-state index contributed by atoms with van der Waals surface area (Å²) in [6.07, 6.45) is 3.21. The Morgan fingerprint density at radius 1 is 1.07 bits per heavy atom. The van der Waals surface area contributed by atoms with Crippen LogP contribution in [0.3, 0.4) is 0 Å². The number of anilines is 1. The highest BCUT2D eigenvalue weighted by Gasteiger charge is 2.18. The Kier molecular flexibility index (Phi) is 6.01. The van der Waals surface area contributed by atoms with Crippen LogP contribution in [-0.4, -0.2) is 30.9 Å². The molecule has 154 valence electrons. The first kappa shape index (κ1) is 20.4. The van der Waals surface area contributed by atoms with Crippen LogP contribution >= 0.6 is 22.9 Å². The molecule has 6 nitrogen and oxygen atoms in total. The fraction of sp³-hybridized carbons (Fsp3) is 0.227. The van der Waals surface area contributed by atoms with Gasteiger partial charge in [-0.2, -0.15) is 0 Å². The van der Waals surface area contributed by atoms with Crippen molar-refractivity contribution in [2.75, 3.05) is 18.5 Å². The van der Waals surface area contributed by atoms with Crippen LogP contribution in [-0.2, 0) is 27.2 Å². The molecule has 2 amide bonds. The number of thiophene rings is 1. The predicted molar refractivity (Wildman–Crippen MR) is 117 cm³/mol. The SMILES string of the molecule is O=C(COC(=O)CNC(=O)c1sc2ccccc2c1Cl)Nc1ccc2c(c1)CCC2. The predicted octanol–water partition coefficient (Wildman–Crippen LogP) is 3.96. The molecule has 1 aliphatic carbocycles. The van der Waals surface area contributed by atoms with Crippen LogP contribution in [0.25, 0.3) is 10.1 Å². The normalized spacial score (nSPS) is 12.4. The van der Waals surface area contributed by atoms with Crippen molar-refractivity contribution in [2.45, 2.75) is 19.3 Å². The highest BCUT2D eigenvalue weighted by Crippen LogP contribution is 2.34. The first-order chi connectivity index (χ1) is 14.5. The Morgan fingerprint density at radius 3 is 2.70 bits per heavy atom. The third-order valence-electron chi connectivity index (χ3n) is 4.88. The maximum Gasteiger partial charge on any atom is 0.325 e. The summed E-state index contributed by atoms with van der Waals surface area (Å²) in [5.41, 5.74) is 3.24. The molecule has 0 spiro atoms. The number of carbonyl (C=O) groups is 3. The smallest absolute Gasteiger partial charge is 0.325 e. The van der Waals surface area contributed by atoms with Gasteiger partial charge in [-0.1, -0.05) is 35.9 Å². The van der Waals surface area contributed by atoms with Crippen molar-refractivity contribution in [3.63, 3.8) is 0 Å². The fourth-order valence-electron chi connectivity index (χ4n) is 3.44. The van der Waals surface area contributed by atoms with E-state index in [1.807, 2.05) is 42.5 Å². The molecule has 4 rings (SSSR count). The number of hydrogen-bond donors (Lipinski definition) is 2. The van der Waals surface area contributed by atoms with Crippen molar-refractivity contribution < 1.29 is 19.1 Å². The second-order valence-corrected chi connectivity index (χ2v) is 8.40. The van der Waals surface area contributed by atoms with Gasteiger partial charge >= 0.3 is 5.97 Å². The average molecular weight is 443 g/mol. The van der Waals surface area contributed by atoms with E-state index in [0.717, 1.165) is 29.3 Å². The van der Waals surface area contributed by atoms with Crippen molar-refractivity contribution in [2.24, 2.45) is 0 Å². The Labute approximate surface area is 182 Å². The molecule has 0 bridgehead atoms. The molecule has 0 radical (unpaired) electrons. The zero-order chi connectivity index (χ0) is 21.1. The Morgan fingerprint density at radius 2 is 1.87 bits per heavy atom. The third-order valence-corrected chi connectivity index (χ3v) is 6.56. The quantitative estimate of drug-likeness (QED) is 0.566. The monoisotopic (exact) mass is 442 g/mol. The molecule has 0 fully saturated rings. The maximum absolute atomic E-state index is 12.3. The lowest BCUT2D eigenvalue weighted by Gasteiger charge is -2.09. The maximum atomic E-state index is 12.3. The minimum atomic E-state index is -0.704. The van der Waals surface area contributed by atoms with E-state index in [1.54, 1.807) is 0 Å². The number of amides is 2. The number of ether oxygens (including phenoxy) is 1. The van der Waals surface area contributed by atoms with Crippen molar-refractivity contribution >= 4 is 56.5 Å². The zero-order valence-corrected chi connectivity index (χ0v) is 17.6. The molecule has 8 heteroatoms. The highest BCUT2D eigenvalue weighted by atomic mass is 35.5. The molecule has 1 aromatic heterocycles. The van der Waals surface area contributed by atoms with Gasteiger partial charge in [-0.25, -0.2) is 0 Å². The van der Waals surface area contributed by atoms with E-state index in [2.05, 4.69) is 10.6 Å². The molecule has 2 aromatic carbocycles. The number of esters is 1. The Balaban J connectivity index is 1.25. The number of nitrogens with one attached hydrogen (secondary N) is 2. The lowest BCUT2D eigenvalue weighted by molar-refractivity contribution is -0.146. The largest absolute Gasteiger partial charge is 0.454 e. The number of benzene rings is 2. The number of halogens is 1. The van der Waals surface area contributed by atoms with E-state index in [4.69, 9.17) is 16.3 Å². The highest BCUT2D eigenvalue weighted by molar-refractivity contribution is 7.21. The Bertz CT molecular complexity index is 1140. The van der Waals surface area contributed by atoms with Crippen molar-refractivity contribution in [3.05, 3.63) is 63.5 Å². The summed E-state index contributed by atoms with van der Waals surface area (Å²) >= 11 is 7.51. The Hall–Kier alpha value is -2.90. The van der Waals surface area contributed by atoms with Crippen LogP contribution in [0.2, 0.25) is 5.02 Å². The summed E-state index contributed by atoms with van der Waals surface area (Å²) in [4.78, 5) is 36.6. The minimum absolute atomic E-state index is 0.333. The first-order valence-corrected chi connectivity index (χ1v) is 10.7. The summed E-state index contributed by atoms with van der Waals surface area (Å²) in [6.45, 7) is -0.773. The molecular formula is C22H19ClN2O4S. The van der Waals surface area contributed by atoms with Crippen LogP contribution in [0.5, 0.6) is 0 Å². The van der Waals surface area contributed by atoms with Gasteiger partial charge in [-0.05, 0) is 48.6 Å². The summed E-state index contributed by atoms with van der Waals surface area (Å²) < 4.78 is 5.84. The molecule has 30 heavy (non-hydrogen) atoms. The minimum Gasteiger partial charge on any atom is -0.454 e. The van der Waals surface area contributed by atoms with Crippen LogP contribution in [0, 0.1) is 0 Å². The number of carbonyl (C=O) groups excluding carboxylic acids is 3. The second kappa shape index (κ2) is 8.85. The first-order valence-electron chi connectivity index (χ1n) is 9.54. The van der Waals surface area contributed by atoms with Gasteiger partial charge in [0.05, 0.1) is 5.02 Å². The summed E-state index contributed by atoms with van der Waals surface area (Å²) in [6, 6.07) is 13.2. The van der Waals surface area contributed by atoms with Crippen LogP contribution in [0.1, 0.15) is 27.2 Å². The number of aryl methyl sites for hydroxylation is 2. The molecule has 0 aliphatic heterocycles. The van der Waals surface area contributed by atoms with Gasteiger partial charge in [-0.3, -0.25) is 14.4 Å². The molecule has 0 saturated carbocycles. The number of fused-ring (bicyclic) bond motifs is 2. The zero-order valence-electron chi connectivity index (χ0n) is 16.0. The number of hydrogen-bond acceptors (Lipinski definition) is 5. The van der Waals surface area contributed by atoms with Gasteiger partial charge in [0.25, 0.3) is 11.8 Å². The molecule has 1 heterocycles. The van der Waals surface area contributed by atoms with E-state index in [9.17, 15) is 14.4 Å².